The number of phenols is 1. The minimum absolute atomic E-state index is 0.0929. The van der Waals surface area contributed by atoms with Crippen molar-refractivity contribution in [1.29, 1.82) is 0 Å². The molecule has 0 amide bonds. The molecule has 84 valence electrons. The Morgan fingerprint density at radius 3 is 2.27 bits per heavy atom. The van der Waals surface area contributed by atoms with Gasteiger partial charge in [0.2, 0.25) is 0 Å². The van der Waals surface area contributed by atoms with Gasteiger partial charge >= 0.3 is 6.18 Å². The molecule has 15 heavy (non-hydrogen) atoms. The van der Waals surface area contributed by atoms with Gasteiger partial charge in [0.25, 0.3) is 0 Å². The zero-order valence-corrected chi connectivity index (χ0v) is 8.01. The monoisotopic (exact) mass is 219 g/mol. The van der Waals surface area contributed by atoms with E-state index in [9.17, 15) is 13.2 Å². The van der Waals surface area contributed by atoms with Crippen molar-refractivity contribution in [2.24, 2.45) is 0 Å². The molecule has 0 aliphatic carbocycles. The number of benzene rings is 1. The summed E-state index contributed by atoms with van der Waals surface area (Å²) in [5, 5.41) is 11.6. The number of hydrogen-bond donors (Lipinski definition) is 2. The first-order chi connectivity index (χ1) is 6.97. The molecule has 5 heteroatoms. The van der Waals surface area contributed by atoms with Gasteiger partial charge in [-0.1, -0.05) is 12.1 Å². The van der Waals surface area contributed by atoms with Gasteiger partial charge in [-0.3, -0.25) is 0 Å². The third-order valence-electron chi connectivity index (χ3n) is 1.85. The van der Waals surface area contributed by atoms with E-state index in [1.54, 1.807) is 12.1 Å². The molecule has 0 heterocycles. The number of rotatable bonds is 4. The highest BCUT2D eigenvalue weighted by molar-refractivity contribution is 5.25. The van der Waals surface area contributed by atoms with Gasteiger partial charge in [-0.15, -0.1) is 0 Å². The first-order valence-electron chi connectivity index (χ1n) is 4.53. The average Bonchev–Trinajstić information content (AvgIpc) is 2.14. The lowest BCUT2D eigenvalue weighted by Crippen LogP contribution is -2.21. The van der Waals surface area contributed by atoms with E-state index in [1.807, 2.05) is 0 Å². The molecular formula is C10H12F3NO. The fraction of sp³-hybridized carbons (Fsp3) is 0.400. The van der Waals surface area contributed by atoms with E-state index in [2.05, 4.69) is 5.32 Å². The fourth-order valence-electron chi connectivity index (χ4n) is 1.08. The lowest BCUT2D eigenvalue weighted by atomic mass is 10.2. The molecule has 0 atom stereocenters. The number of phenolic OH excluding ortho intramolecular Hbond substituents is 1. The summed E-state index contributed by atoms with van der Waals surface area (Å²) < 4.78 is 35.3. The van der Waals surface area contributed by atoms with Crippen molar-refractivity contribution in [3.8, 4) is 5.75 Å². The van der Waals surface area contributed by atoms with E-state index in [0.717, 1.165) is 5.56 Å². The van der Waals surface area contributed by atoms with Gasteiger partial charge in [-0.25, -0.2) is 0 Å². The molecule has 1 aromatic rings. The molecule has 0 bridgehead atoms. The van der Waals surface area contributed by atoms with Crippen molar-refractivity contribution in [3.05, 3.63) is 29.8 Å². The summed E-state index contributed by atoms with van der Waals surface area (Å²) in [7, 11) is 0. The Kier molecular flexibility index (Phi) is 3.96. The average molecular weight is 219 g/mol. The van der Waals surface area contributed by atoms with Crippen LogP contribution in [0.15, 0.2) is 24.3 Å². The van der Waals surface area contributed by atoms with Crippen LogP contribution < -0.4 is 5.32 Å². The predicted molar refractivity (Wildman–Crippen MR) is 50.5 cm³/mol. The number of hydrogen-bond acceptors (Lipinski definition) is 2. The second kappa shape index (κ2) is 5.02. The normalized spacial score (nSPS) is 11.7. The lowest BCUT2D eigenvalue weighted by Gasteiger charge is -2.07. The van der Waals surface area contributed by atoms with Gasteiger partial charge in [-0.05, 0) is 17.7 Å². The zero-order chi connectivity index (χ0) is 11.3. The summed E-state index contributed by atoms with van der Waals surface area (Å²) in [6.45, 7) is 0.279. The predicted octanol–water partition coefficient (Wildman–Crippen LogP) is 2.43. The number of nitrogens with one attached hydrogen (secondary N) is 1. The van der Waals surface area contributed by atoms with Crippen LogP contribution in [-0.2, 0) is 6.54 Å². The topological polar surface area (TPSA) is 32.3 Å². The Morgan fingerprint density at radius 1 is 1.13 bits per heavy atom. The molecule has 0 aliphatic heterocycles. The first-order valence-corrected chi connectivity index (χ1v) is 4.53. The smallest absolute Gasteiger partial charge is 0.390 e. The van der Waals surface area contributed by atoms with E-state index in [0.29, 0.717) is 6.54 Å². The summed E-state index contributed by atoms with van der Waals surface area (Å²) in [5.41, 5.74) is 0.843. The van der Waals surface area contributed by atoms with E-state index < -0.39 is 12.6 Å². The molecular weight excluding hydrogens is 207 g/mol. The Hall–Kier alpha value is -1.23. The Morgan fingerprint density at radius 2 is 1.73 bits per heavy atom. The van der Waals surface area contributed by atoms with Gasteiger partial charge in [0.1, 0.15) is 5.75 Å². The highest BCUT2D eigenvalue weighted by atomic mass is 19.4. The molecule has 0 radical (unpaired) electrons. The van der Waals surface area contributed by atoms with Crippen LogP contribution in [0.1, 0.15) is 12.0 Å². The molecule has 0 aliphatic rings. The van der Waals surface area contributed by atoms with Crippen molar-refractivity contribution < 1.29 is 18.3 Å². The Balaban J connectivity index is 2.23. The molecule has 0 saturated heterocycles. The van der Waals surface area contributed by atoms with Gasteiger partial charge < -0.3 is 10.4 Å². The summed E-state index contributed by atoms with van der Waals surface area (Å²) in [4.78, 5) is 0. The van der Waals surface area contributed by atoms with E-state index in [1.165, 1.54) is 12.1 Å². The third-order valence-corrected chi connectivity index (χ3v) is 1.85. The minimum atomic E-state index is -4.11. The van der Waals surface area contributed by atoms with Gasteiger partial charge in [0.05, 0.1) is 6.42 Å². The van der Waals surface area contributed by atoms with Crippen molar-refractivity contribution in [2.45, 2.75) is 19.1 Å². The highest BCUT2D eigenvalue weighted by Crippen LogP contribution is 2.18. The Labute approximate surface area is 85.7 Å². The number of aromatic hydroxyl groups is 1. The van der Waals surface area contributed by atoms with Crippen LogP contribution >= 0.6 is 0 Å². The van der Waals surface area contributed by atoms with Crippen LogP contribution in [0.2, 0.25) is 0 Å². The maximum Gasteiger partial charge on any atom is 0.390 e. The van der Waals surface area contributed by atoms with Crippen LogP contribution in [0.25, 0.3) is 0 Å². The van der Waals surface area contributed by atoms with Crippen LogP contribution in [0, 0.1) is 0 Å². The molecule has 2 N–H and O–H groups in total. The van der Waals surface area contributed by atoms with E-state index in [4.69, 9.17) is 5.11 Å². The van der Waals surface area contributed by atoms with Crippen molar-refractivity contribution >= 4 is 0 Å². The van der Waals surface area contributed by atoms with Crippen LogP contribution in [-0.4, -0.2) is 17.8 Å². The fourth-order valence-corrected chi connectivity index (χ4v) is 1.08. The number of alkyl halides is 3. The summed E-state index contributed by atoms with van der Waals surface area (Å²) >= 11 is 0. The van der Waals surface area contributed by atoms with Crippen molar-refractivity contribution in [3.63, 3.8) is 0 Å². The van der Waals surface area contributed by atoms with Gasteiger partial charge in [0.15, 0.2) is 0 Å². The number of halogens is 3. The highest BCUT2D eigenvalue weighted by Gasteiger charge is 2.25. The second-order valence-corrected chi connectivity index (χ2v) is 3.21. The minimum Gasteiger partial charge on any atom is -0.508 e. The van der Waals surface area contributed by atoms with Crippen molar-refractivity contribution in [2.75, 3.05) is 6.54 Å². The molecule has 1 aromatic carbocycles. The van der Waals surface area contributed by atoms with E-state index >= 15 is 0 Å². The molecule has 1 rings (SSSR count). The maximum atomic E-state index is 11.8. The Bertz CT molecular complexity index is 295. The summed E-state index contributed by atoms with van der Waals surface area (Å²) in [6, 6.07) is 6.33. The summed E-state index contributed by atoms with van der Waals surface area (Å²) in [6.07, 6.45) is -4.94. The first kappa shape index (κ1) is 11.8. The molecule has 2 nitrogen and oxygen atoms in total. The standard InChI is InChI=1S/C10H12F3NO/c11-10(12,13)5-6-14-7-8-1-3-9(15)4-2-8/h1-4,14-15H,5-7H2. The van der Waals surface area contributed by atoms with Crippen LogP contribution in [0.5, 0.6) is 5.75 Å². The second-order valence-electron chi connectivity index (χ2n) is 3.21. The quantitative estimate of drug-likeness (QED) is 0.762. The van der Waals surface area contributed by atoms with Gasteiger partial charge in [0, 0.05) is 13.1 Å². The van der Waals surface area contributed by atoms with E-state index in [-0.39, 0.29) is 12.3 Å². The zero-order valence-electron chi connectivity index (χ0n) is 8.01. The SMILES string of the molecule is Oc1ccc(CNCCC(F)(F)F)cc1. The van der Waals surface area contributed by atoms with Crippen LogP contribution in [0.4, 0.5) is 13.2 Å². The molecule has 0 saturated carbocycles. The van der Waals surface area contributed by atoms with Crippen molar-refractivity contribution in [1.82, 2.24) is 5.32 Å². The van der Waals surface area contributed by atoms with Gasteiger partial charge in [-0.2, -0.15) is 13.2 Å². The third kappa shape index (κ3) is 5.27. The molecule has 0 aromatic heterocycles. The molecule has 0 fully saturated rings. The molecule has 0 unspecified atom stereocenters. The largest absolute Gasteiger partial charge is 0.508 e. The summed E-state index contributed by atoms with van der Waals surface area (Å²) in [5.74, 6) is 0.147. The maximum absolute atomic E-state index is 11.8. The molecule has 0 spiro atoms. The van der Waals surface area contributed by atoms with Crippen LogP contribution in [0.3, 0.4) is 0 Å². The lowest BCUT2D eigenvalue weighted by molar-refractivity contribution is -0.133.